The van der Waals surface area contributed by atoms with Crippen LogP contribution in [0.5, 0.6) is 0 Å². The van der Waals surface area contributed by atoms with Crippen molar-refractivity contribution < 1.29 is 4.79 Å². The molecule has 0 aliphatic rings. The minimum absolute atomic E-state index is 0.122. The van der Waals surface area contributed by atoms with Gasteiger partial charge in [0.1, 0.15) is 23.9 Å². The van der Waals surface area contributed by atoms with Crippen LogP contribution in [0.3, 0.4) is 0 Å². The average molecular weight is 279 g/mol. The summed E-state index contributed by atoms with van der Waals surface area (Å²) in [6.07, 6.45) is 0.854. The van der Waals surface area contributed by atoms with Crippen LogP contribution in [0.15, 0.2) is 35.5 Å². The van der Waals surface area contributed by atoms with Gasteiger partial charge in [0.25, 0.3) is 5.91 Å². The van der Waals surface area contributed by atoms with Gasteiger partial charge in [-0.1, -0.05) is 6.92 Å². The van der Waals surface area contributed by atoms with E-state index in [1.165, 1.54) is 0 Å². The Balaban J connectivity index is 2.88. The highest BCUT2D eigenvalue weighted by Gasteiger charge is 2.07. The zero-order chi connectivity index (χ0) is 15.7. The van der Waals surface area contributed by atoms with Gasteiger partial charge in [-0.15, -0.1) is 0 Å². The summed E-state index contributed by atoms with van der Waals surface area (Å²) in [7, 11) is 0. The molecule has 0 radical (unpaired) electrons. The van der Waals surface area contributed by atoms with Crippen LogP contribution in [0.1, 0.15) is 23.7 Å². The first kappa shape index (κ1) is 15.8. The fourth-order valence-electron chi connectivity index (χ4n) is 1.47. The summed E-state index contributed by atoms with van der Waals surface area (Å²) in [5, 5.41) is 31.8. The third-order valence-corrected chi connectivity index (χ3v) is 2.54. The molecular weight excluding hydrogens is 266 g/mol. The van der Waals surface area contributed by atoms with Gasteiger partial charge in [0.05, 0.1) is 0 Å². The van der Waals surface area contributed by atoms with Gasteiger partial charge in [-0.3, -0.25) is 4.79 Å². The van der Waals surface area contributed by atoms with Crippen molar-refractivity contribution in [1.29, 1.82) is 15.8 Å². The molecule has 0 aliphatic heterocycles. The van der Waals surface area contributed by atoms with E-state index in [-0.39, 0.29) is 17.2 Å². The molecule has 1 rings (SSSR count). The first-order chi connectivity index (χ1) is 10.2. The first-order valence-electron chi connectivity index (χ1n) is 6.26. The minimum atomic E-state index is -0.290. The molecule has 6 heteroatoms. The number of nitrogens with zero attached hydrogens (tertiary/aromatic N) is 3. The SMILES string of the molecule is CCCNC(=O)c1ccc(NC(C#N)=C(C#N)C#N)cc1. The Kier molecular flexibility index (Phi) is 5.99. The first-order valence-corrected chi connectivity index (χ1v) is 6.26. The summed E-state index contributed by atoms with van der Waals surface area (Å²) in [6.45, 7) is 2.57. The highest BCUT2D eigenvalue weighted by atomic mass is 16.1. The van der Waals surface area contributed by atoms with Crippen molar-refractivity contribution in [2.24, 2.45) is 0 Å². The van der Waals surface area contributed by atoms with Crippen LogP contribution in [0.2, 0.25) is 0 Å². The second kappa shape index (κ2) is 7.99. The molecule has 1 aromatic rings. The predicted octanol–water partition coefficient (Wildman–Crippen LogP) is 2.06. The number of carbonyl (C=O) groups excluding carboxylic acids is 1. The molecule has 0 saturated heterocycles. The van der Waals surface area contributed by atoms with Crippen LogP contribution in [-0.4, -0.2) is 12.5 Å². The number of rotatable bonds is 5. The minimum Gasteiger partial charge on any atom is -0.352 e. The molecule has 2 N–H and O–H groups in total. The lowest BCUT2D eigenvalue weighted by molar-refractivity contribution is 0.0953. The number of amides is 1. The maximum absolute atomic E-state index is 11.7. The zero-order valence-electron chi connectivity index (χ0n) is 11.5. The molecule has 6 nitrogen and oxygen atoms in total. The second-order valence-corrected chi connectivity index (χ2v) is 4.04. The molecule has 21 heavy (non-hydrogen) atoms. The lowest BCUT2D eigenvalue weighted by Crippen LogP contribution is -2.23. The summed E-state index contributed by atoms with van der Waals surface area (Å²) in [6, 6.07) is 11.5. The third-order valence-electron chi connectivity index (χ3n) is 2.54. The van der Waals surface area contributed by atoms with Crippen molar-refractivity contribution in [2.45, 2.75) is 13.3 Å². The van der Waals surface area contributed by atoms with Crippen LogP contribution in [-0.2, 0) is 0 Å². The van der Waals surface area contributed by atoms with Gasteiger partial charge in [0, 0.05) is 17.8 Å². The molecule has 0 fully saturated rings. The predicted molar refractivity (Wildman–Crippen MR) is 76.6 cm³/mol. The topological polar surface area (TPSA) is 112 Å². The maximum Gasteiger partial charge on any atom is 0.251 e. The maximum atomic E-state index is 11.7. The van der Waals surface area contributed by atoms with Crippen molar-refractivity contribution in [1.82, 2.24) is 5.32 Å². The normalized spacial score (nSPS) is 8.67. The largest absolute Gasteiger partial charge is 0.352 e. The molecule has 0 bridgehead atoms. The molecular formula is C15H13N5O. The van der Waals surface area contributed by atoms with Crippen molar-refractivity contribution in [3.8, 4) is 18.2 Å². The van der Waals surface area contributed by atoms with Crippen molar-refractivity contribution >= 4 is 11.6 Å². The van der Waals surface area contributed by atoms with Crippen molar-refractivity contribution in [2.75, 3.05) is 11.9 Å². The number of carbonyl (C=O) groups is 1. The average Bonchev–Trinajstić information content (AvgIpc) is 2.53. The molecule has 104 valence electrons. The molecule has 0 saturated carbocycles. The molecule has 0 aliphatic carbocycles. The van der Waals surface area contributed by atoms with Gasteiger partial charge < -0.3 is 10.6 Å². The van der Waals surface area contributed by atoms with E-state index in [1.54, 1.807) is 42.5 Å². The third kappa shape index (κ3) is 4.38. The van der Waals surface area contributed by atoms with Crippen LogP contribution < -0.4 is 10.6 Å². The van der Waals surface area contributed by atoms with Gasteiger partial charge >= 0.3 is 0 Å². The van der Waals surface area contributed by atoms with Crippen LogP contribution >= 0.6 is 0 Å². The van der Waals surface area contributed by atoms with E-state index in [1.807, 2.05) is 6.92 Å². The van der Waals surface area contributed by atoms with Crippen LogP contribution in [0, 0.1) is 34.0 Å². The molecule has 0 heterocycles. The van der Waals surface area contributed by atoms with E-state index in [9.17, 15) is 4.79 Å². The molecule has 0 aromatic heterocycles. The number of benzene rings is 1. The van der Waals surface area contributed by atoms with E-state index in [2.05, 4.69) is 10.6 Å². The molecule has 0 spiro atoms. The molecule has 0 atom stereocenters. The van der Waals surface area contributed by atoms with Crippen molar-refractivity contribution in [3.63, 3.8) is 0 Å². The summed E-state index contributed by atoms with van der Waals surface area (Å²) >= 11 is 0. The highest BCUT2D eigenvalue weighted by molar-refractivity contribution is 5.94. The van der Waals surface area contributed by atoms with E-state index < -0.39 is 0 Å². The Labute approximate surface area is 122 Å². The van der Waals surface area contributed by atoms with E-state index in [0.717, 1.165) is 6.42 Å². The fourth-order valence-corrected chi connectivity index (χ4v) is 1.47. The Hall–Kier alpha value is -3.30. The van der Waals surface area contributed by atoms with Crippen LogP contribution in [0.25, 0.3) is 0 Å². The van der Waals surface area contributed by atoms with Gasteiger partial charge in [-0.2, -0.15) is 15.8 Å². The Morgan fingerprint density at radius 2 is 1.71 bits per heavy atom. The van der Waals surface area contributed by atoms with E-state index in [0.29, 0.717) is 17.8 Å². The van der Waals surface area contributed by atoms with Crippen molar-refractivity contribution in [3.05, 3.63) is 41.1 Å². The smallest absolute Gasteiger partial charge is 0.251 e. The summed E-state index contributed by atoms with van der Waals surface area (Å²) in [4.78, 5) is 11.7. The lowest BCUT2D eigenvalue weighted by Gasteiger charge is -2.06. The number of nitriles is 3. The lowest BCUT2D eigenvalue weighted by atomic mass is 10.1. The number of hydrogen-bond donors (Lipinski definition) is 2. The summed E-state index contributed by atoms with van der Waals surface area (Å²) in [5.74, 6) is -0.172. The highest BCUT2D eigenvalue weighted by Crippen LogP contribution is 2.13. The molecule has 1 amide bonds. The van der Waals surface area contributed by atoms with Gasteiger partial charge in [-0.05, 0) is 30.7 Å². The molecule has 0 unspecified atom stereocenters. The summed E-state index contributed by atoms with van der Waals surface area (Å²) in [5.41, 5.74) is 0.601. The quantitative estimate of drug-likeness (QED) is 0.801. The monoisotopic (exact) mass is 279 g/mol. The van der Waals surface area contributed by atoms with Gasteiger partial charge in [0.2, 0.25) is 0 Å². The number of hydrogen-bond acceptors (Lipinski definition) is 5. The number of anilines is 1. The Bertz CT molecular complexity index is 652. The standard InChI is InChI=1S/C15H13N5O/c1-2-7-19-15(21)11-3-5-13(6-4-11)20-14(10-18)12(8-16)9-17/h3-6,20H,2,7H2,1H3,(H,19,21). The number of nitrogens with one attached hydrogen (secondary N) is 2. The molecule has 1 aromatic carbocycles. The van der Waals surface area contributed by atoms with E-state index >= 15 is 0 Å². The zero-order valence-corrected chi connectivity index (χ0v) is 11.5. The van der Waals surface area contributed by atoms with Gasteiger partial charge in [0.15, 0.2) is 5.57 Å². The van der Waals surface area contributed by atoms with Crippen LogP contribution in [0.4, 0.5) is 5.69 Å². The summed E-state index contributed by atoms with van der Waals surface area (Å²) < 4.78 is 0. The fraction of sp³-hybridized carbons (Fsp3) is 0.200. The van der Waals surface area contributed by atoms with Gasteiger partial charge in [-0.25, -0.2) is 0 Å². The Morgan fingerprint density at radius 3 is 2.19 bits per heavy atom. The van der Waals surface area contributed by atoms with E-state index in [4.69, 9.17) is 15.8 Å². The second-order valence-electron chi connectivity index (χ2n) is 4.04. The number of allylic oxidation sites excluding steroid dienone is 2. The Morgan fingerprint density at radius 1 is 1.10 bits per heavy atom.